The van der Waals surface area contributed by atoms with Crippen molar-refractivity contribution in [2.24, 2.45) is 0 Å². The van der Waals surface area contributed by atoms with Crippen LogP contribution >= 0.6 is 11.6 Å². The van der Waals surface area contributed by atoms with Crippen molar-refractivity contribution in [1.82, 2.24) is 14.8 Å². The van der Waals surface area contributed by atoms with Crippen molar-refractivity contribution in [2.45, 2.75) is 4.90 Å². The zero-order valence-electron chi connectivity index (χ0n) is 13.0. The average molecular weight is 377 g/mol. The topological polar surface area (TPSA) is 94.0 Å². The van der Waals surface area contributed by atoms with Crippen LogP contribution in [-0.2, 0) is 9.84 Å². The van der Waals surface area contributed by atoms with Gasteiger partial charge in [0.2, 0.25) is 0 Å². The van der Waals surface area contributed by atoms with Gasteiger partial charge in [-0.3, -0.25) is 4.79 Å². The quantitative estimate of drug-likeness (QED) is 0.755. The molecule has 0 spiro atoms. The van der Waals surface area contributed by atoms with E-state index in [4.69, 9.17) is 11.6 Å². The molecule has 3 rings (SSSR count). The zero-order chi connectivity index (χ0) is 18.0. The van der Waals surface area contributed by atoms with E-state index in [0.29, 0.717) is 22.0 Å². The molecule has 3 aromatic rings. The first kappa shape index (κ1) is 17.1. The molecule has 0 bridgehead atoms. The third kappa shape index (κ3) is 3.86. The van der Waals surface area contributed by atoms with Crippen LogP contribution in [-0.4, -0.2) is 35.3 Å². The summed E-state index contributed by atoms with van der Waals surface area (Å²) in [5.74, 6) is -0.399. The largest absolute Gasteiger partial charge is 0.320 e. The second-order valence-electron chi connectivity index (χ2n) is 5.25. The van der Waals surface area contributed by atoms with Gasteiger partial charge in [-0.1, -0.05) is 11.6 Å². The predicted octanol–water partition coefficient (Wildman–Crippen LogP) is 2.58. The number of sulfone groups is 1. The van der Waals surface area contributed by atoms with Crippen LogP contribution in [0.25, 0.3) is 5.69 Å². The Hall–Kier alpha value is -2.71. The van der Waals surface area contributed by atoms with Crippen molar-refractivity contribution in [2.75, 3.05) is 11.6 Å². The number of hydrogen-bond donors (Lipinski definition) is 1. The number of nitrogens with zero attached hydrogens (tertiary/aromatic N) is 3. The number of carbonyl (C=O) groups excluding carboxylic acids is 1. The summed E-state index contributed by atoms with van der Waals surface area (Å²) in [5, 5.41) is 7.24. The van der Waals surface area contributed by atoms with Crippen LogP contribution in [0.15, 0.2) is 60.0 Å². The Morgan fingerprint density at radius 2 is 1.88 bits per heavy atom. The summed E-state index contributed by atoms with van der Waals surface area (Å²) in [6.45, 7) is 0. The van der Waals surface area contributed by atoms with E-state index in [2.05, 4.69) is 15.4 Å². The first-order chi connectivity index (χ1) is 11.8. The molecule has 0 fully saturated rings. The highest BCUT2D eigenvalue weighted by Gasteiger charge is 2.13. The summed E-state index contributed by atoms with van der Waals surface area (Å²) >= 11 is 6.02. The monoisotopic (exact) mass is 376 g/mol. The molecule has 0 saturated carbocycles. The molecule has 1 aromatic heterocycles. The zero-order valence-corrected chi connectivity index (χ0v) is 14.6. The summed E-state index contributed by atoms with van der Waals surface area (Å²) in [6.07, 6.45) is 3.99. The number of carbonyl (C=O) groups is 1. The average Bonchev–Trinajstić information content (AvgIpc) is 3.08. The third-order valence-electron chi connectivity index (χ3n) is 3.42. The van der Waals surface area contributed by atoms with Gasteiger partial charge in [0.15, 0.2) is 9.84 Å². The Morgan fingerprint density at radius 3 is 2.48 bits per heavy atom. The lowest BCUT2D eigenvalue weighted by Gasteiger charge is -2.11. The molecule has 1 N–H and O–H groups in total. The van der Waals surface area contributed by atoms with E-state index >= 15 is 0 Å². The van der Waals surface area contributed by atoms with E-state index in [1.54, 1.807) is 18.2 Å². The van der Waals surface area contributed by atoms with Gasteiger partial charge in [0.05, 0.1) is 16.3 Å². The van der Waals surface area contributed by atoms with E-state index in [0.717, 1.165) is 6.26 Å². The van der Waals surface area contributed by atoms with Gasteiger partial charge in [0, 0.05) is 16.8 Å². The van der Waals surface area contributed by atoms with Crippen molar-refractivity contribution in [3.8, 4) is 5.69 Å². The minimum atomic E-state index is -3.31. The summed E-state index contributed by atoms with van der Waals surface area (Å²) in [6, 6.07) is 10.7. The summed E-state index contributed by atoms with van der Waals surface area (Å²) in [5.41, 5.74) is 1.37. The van der Waals surface area contributed by atoms with Gasteiger partial charge in [0.25, 0.3) is 5.91 Å². The first-order valence-electron chi connectivity index (χ1n) is 7.10. The molecular formula is C16H13ClN4O3S. The Balaban J connectivity index is 1.90. The first-order valence-corrected chi connectivity index (χ1v) is 9.37. The Morgan fingerprint density at radius 1 is 1.16 bits per heavy atom. The van der Waals surface area contributed by atoms with Crippen molar-refractivity contribution in [3.05, 3.63) is 65.7 Å². The van der Waals surface area contributed by atoms with Gasteiger partial charge in [-0.15, -0.1) is 0 Å². The minimum Gasteiger partial charge on any atom is -0.320 e. The van der Waals surface area contributed by atoms with Gasteiger partial charge in [-0.05, 0) is 42.5 Å². The second-order valence-corrected chi connectivity index (χ2v) is 7.70. The molecule has 0 aliphatic rings. The lowest BCUT2D eigenvalue weighted by molar-refractivity contribution is 0.102. The summed E-state index contributed by atoms with van der Waals surface area (Å²) in [7, 11) is -3.31. The number of benzene rings is 2. The molecule has 128 valence electrons. The molecule has 0 saturated heterocycles. The minimum absolute atomic E-state index is 0.148. The number of anilines is 1. The highest BCUT2D eigenvalue weighted by Crippen LogP contribution is 2.24. The Bertz CT molecular complexity index is 1020. The Labute approximate surface area is 149 Å². The molecule has 25 heavy (non-hydrogen) atoms. The van der Waals surface area contributed by atoms with E-state index in [1.807, 2.05) is 0 Å². The Kier molecular flexibility index (Phi) is 4.56. The fourth-order valence-electron chi connectivity index (χ4n) is 2.19. The lowest BCUT2D eigenvalue weighted by atomic mass is 10.2. The SMILES string of the molecule is CS(=O)(=O)c1ccc(C(=O)Nc2cc(Cl)ccc2-n2cncn2)cc1. The standard InChI is InChI=1S/C16H13ClN4O3S/c1-25(23,24)13-5-2-11(3-6-13)16(22)20-14-8-12(17)4-7-15(14)21-10-18-9-19-21/h2-10H,1H3,(H,20,22). The van der Waals surface area contributed by atoms with Crippen LogP contribution in [0.3, 0.4) is 0 Å². The highest BCUT2D eigenvalue weighted by atomic mass is 35.5. The molecule has 7 nitrogen and oxygen atoms in total. The van der Waals surface area contributed by atoms with E-state index in [-0.39, 0.29) is 4.90 Å². The number of amides is 1. The number of nitrogens with one attached hydrogen (secondary N) is 1. The molecule has 0 unspecified atom stereocenters. The van der Waals surface area contributed by atoms with Crippen molar-refractivity contribution < 1.29 is 13.2 Å². The van der Waals surface area contributed by atoms with Gasteiger partial charge in [-0.2, -0.15) is 5.10 Å². The van der Waals surface area contributed by atoms with Crippen molar-refractivity contribution in [1.29, 1.82) is 0 Å². The van der Waals surface area contributed by atoms with Crippen LogP contribution in [0, 0.1) is 0 Å². The molecule has 0 radical (unpaired) electrons. The fraction of sp³-hybridized carbons (Fsp3) is 0.0625. The van der Waals surface area contributed by atoms with Crippen LogP contribution in [0.5, 0.6) is 0 Å². The summed E-state index contributed by atoms with van der Waals surface area (Å²) < 4.78 is 24.5. The lowest BCUT2D eigenvalue weighted by Crippen LogP contribution is -2.14. The van der Waals surface area contributed by atoms with E-state index in [9.17, 15) is 13.2 Å². The molecule has 0 aliphatic carbocycles. The van der Waals surface area contributed by atoms with Gasteiger partial charge < -0.3 is 5.32 Å². The van der Waals surface area contributed by atoms with E-state index in [1.165, 1.54) is 41.6 Å². The normalized spacial score (nSPS) is 11.3. The molecule has 9 heteroatoms. The van der Waals surface area contributed by atoms with Crippen LogP contribution in [0.2, 0.25) is 5.02 Å². The van der Waals surface area contributed by atoms with Gasteiger partial charge in [0.1, 0.15) is 12.7 Å². The van der Waals surface area contributed by atoms with Crippen molar-refractivity contribution in [3.63, 3.8) is 0 Å². The highest BCUT2D eigenvalue weighted by molar-refractivity contribution is 7.90. The van der Waals surface area contributed by atoms with E-state index < -0.39 is 15.7 Å². The third-order valence-corrected chi connectivity index (χ3v) is 4.78. The van der Waals surface area contributed by atoms with Crippen molar-refractivity contribution >= 4 is 33.0 Å². The van der Waals surface area contributed by atoms with Gasteiger partial charge in [-0.25, -0.2) is 18.1 Å². The maximum Gasteiger partial charge on any atom is 0.255 e. The molecule has 0 atom stereocenters. The van der Waals surface area contributed by atoms with Gasteiger partial charge >= 0.3 is 0 Å². The maximum absolute atomic E-state index is 12.5. The maximum atomic E-state index is 12.5. The summed E-state index contributed by atoms with van der Waals surface area (Å²) in [4.78, 5) is 16.5. The number of halogens is 1. The smallest absolute Gasteiger partial charge is 0.255 e. The number of hydrogen-bond acceptors (Lipinski definition) is 5. The molecular weight excluding hydrogens is 364 g/mol. The number of rotatable bonds is 4. The van der Waals surface area contributed by atoms with Crippen LogP contribution < -0.4 is 5.32 Å². The number of aromatic nitrogens is 3. The predicted molar refractivity (Wildman–Crippen MR) is 93.9 cm³/mol. The van der Waals surface area contributed by atoms with Crippen LogP contribution in [0.1, 0.15) is 10.4 Å². The molecule has 2 aromatic carbocycles. The molecule has 1 heterocycles. The molecule has 1 amide bonds. The van der Waals surface area contributed by atoms with Crippen LogP contribution in [0.4, 0.5) is 5.69 Å². The molecule has 0 aliphatic heterocycles. The second kappa shape index (κ2) is 6.66. The fourth-order valence-corrected chi connectivity index (χ4v) is 2.99.